The minimum Gasteiger partial charge on any atom is -0.462 e. The molecule has 9 nitrogen and oxygen atoms in total. The highest BCUT2D eigenvalue weighted by Crippen LogP contribution is 2.38. The SMILES string of the molecule is CCOC(=O)c1sc(N)c(C#N)c1COC(=O)CCN1C(=O)C2CCCCC2C1=O. The molecule has 1 saturated heterocycles. The van der Waals surface area contributed by atoms with E-state index in [1.807, 2.05) is 6.07 Å². The van der Waals surface area contributed by atoms with E-state index in [1.165, 1.54) is 0 Å². The highest BCUT2D eigenvalue weighted by molar-refractivity contribution is 7.18. The largest absolute Gasteiger partial charge is 0.462 e. The van der Waals surface area contributed by atoms with Crippen molar-refractivity contribution < 1.29 is 28.7 Å². The van der Waals surface area contributed by atoms with Crippen LogP contribution in [0.5, 0.6) is 0 Å². The molecule has 1 aliphatic carbocycles. The van der Waals surface area contributed by atoms with Crippen LogP contribution < -0.4 is 5.73 Å². The molecule has 2 atom stereocenters. The molecule has 10 heteroatoms. The summed E-state index contributed by atoms with van der Waals surface area (Å²) < 4.78 is 10.2. The van der Waals surface area contributed by atoms with Crippen molar-refractivity contribution in [3.05, 3.63) is 16.0 Å². The second-order valence-corrected chi connectivity index (χ2v) is 8.27. The van der Waals surface area contributed by atoms with E-state index in [-0.39, 0.29) is 70.8 Å². The van der Waals surface area contributed by atoms with Crippen molar-refractivity contribution in [2.24, 2.45) is 11.8 Å². The van der Waals surface area contributed by atoms with E-state index in [9.17, 15) is 24.4 Å². The Bertz CT molecular complexity index is 894. The number of nitriles is 1. The number of nitrogens with zero attached hydrogens (tertiary/aromatic N) is 2. The second kappa shape index (κ2) is 9.26. The Morgan fingerprint density at radius 3 is 2.40 bits per heavy atom. The summed E-state index contributed by atoms with van der Waals surface area (Å²) in [5.41, 5.74) is 6.06. The van der Waals surface area contributed by atoms with Crippen LogP contribution in [0, 0.1) is 23.2 Å². The maximum Gasteiger partial charge on any atom is 0.348 e. The molecule has 2 amide bonds. The Morgan fingerprint density at radius 1 is 1.20 bits per heavy atom. The van der Waals surface area contributed by atoms with E-state index in [2.05, 4.69) is 0 Å². The molecule has 0 aromatic carbocycles. The van der Waals surface area contributed by atoms with Gasteiger partial charge in [-0.05, 0) is 19.8 Å². The zero-order valence-corrected chi connectivity index (χ0v) is 17.5. The zero-order chi connectivity index (χ0) is 21.8. The Balaban J connectivity index is 1.60. The molecule has 1 aromatic rings. The summed E-state index contributed by atoms with van der Waals surface area (Å²) >= 11 is 0.903. The number of carbonyl (C=O) groups is 4. The van der Waals surface area contributed by atoms with Crippen LogP contribution in [-0.2, 0) is 30.5 Å². The molecular weight excluding hydrogens is 410 g/mol. The molecule has 0 bridgehead atoms. The molecule has 1 aliphatic heterocycles. The monoisotopic (exact) mass is 433 g/mol. The zero-order valence-electron chi connectivity index (χ0n) is 16.6. The molecule has 3 rings (SSSR count). The molecule has 2 heterocycles. The number of nitrogen functional groups attached to an aromatic ring is 1. The van der Waals surface area contributed by atoms with Crippen molar-refractivity contribution in [2.45, 2.75) is 45.6 Å². The van der Waals surface area contributed by atoms with Crippen molar-refractivity contribution >= 4 is 40.1 Å². The molecule has 160 valence electrons. The lowest BCUT2D eigenvalue weighted by molar-refractivity contribution is -0.146. The van der Waals surface area contributed by atoms with Gasteiger partial charge in [-0.15, -0.1) is 11.3 Å². The molecule has 30 heavy (non-hydrogen) atoms. The fraction of sp³-hybridized carbons (Fsp3) is 0.550. The highest BCUT2D eigenvalue weighted by atomic mass is 32.1. The number of likely N-dealkylation sites (tertiary alicyclic amines) is 1. The summed E-state index contributed by atoms with van der Waals surface area (Å²) in [5, 5.41) is 9.44. The molecule has 2 fully saturated rings. The average molecular weight is 433 g/mol. The smallest absolute Gasteiger partial charge is 0.348 e. The van der Waals surface area contributed by atoms with Crippen LogP contribution in [0.15, 0.2) is 0 Å². The van der Waals surface area contributed by atoms with Crippen LogP contribution in [0.25, 0.3) is 0 Å². The number of carbonyl (C=O) groups excluding carboxylic acids is 4. The van der Waals surface area contributed by atoms with Gasteiger partial charge in [-0.1, -0.05) is 12.8 Å². The summed E-state index contributed by atoms with van der Waals surface area (Å²) in [4.78, 5) is 50.5. The lowest BCUT2D eigenvalue weighted by Gasteiger charge is -2.19. The maximum atomic E-state index is 12.5. The number of amides is 2. The number of hydrogen-bond acceptors (Lipinski definition) is 9. The number of imide groups is 1. The number of thiophene rings is 1. The number of esters is 2. The van der Waals surface area contributed by atoms with Crippen LogP contribution in [0.3, 0.4) is 0 Å². The maximum absolute atomic E-state index is 12.5. The van der Waals surface area contributed by atoms with E-state index in [1.54, 1.807) is 6.92 Å². The van der Waals surface area contributed by atoms with Crippen molar-refractivity contribution in [1.29, 1.82) is 5.26 Å². The van der Waals surface area contributed by atoms with Gasteiger partial charge in [0.25, 0.3) is 0 Å². The molecule has 1 aromatic heterocycles. The first-order valence-electron chi connectivity index (χ1n) is 9.88. The lowest BCUT2D eigenvalue weighted by Crippen LogP contribution is -2.33. The summed E-state index contributed by atoms with van der Waals surface area (Å²) in [6, 6.07) is 1.91. The Hall–Kier alpha value is -2.93. The van der Waals surface area contributed by atoms with Gasteiger partial charge < -0.3 is 15.2 Å². The van der Waals surface area contributed by atoms with Crippen LogP contribution >= 0.6 is 11.3 Å². The van der Waals surface area contributed by atoms with Crippen LogP contribution in [0.1, 0.15) is 59.8 Å². The van der Waals surface area contributed by atoms with Crippen molar-refractivity contribution in [2.75, 3.05) is 18.9 Å². The number of ether oxygens (including phenoxy) is 2. The van der Waals surface area contributed by atoms with Crippen molar-refractivity contribution in [3.8, 4) is 6.07 Å². The van der Waals surface area contributed by atoms with Gasteiger partial charge >= 0.3 is 11.9 Å². The van der Waals surface area contributed by atoms with E-state index in [4.69, 9.17) is 15.2 Å². The quantitative estimate of drug-likeness (QED) is 0.508. The number of anilines is 1. The third kappa shape index (κ3) is 4.16. The molecule has 0 spiro atoms. The highest BCUT2D eigenvalue weighted by Gasteiger charge is 2.47. The first-order valence-corrected chi connectivity index (χ1v) is 10.7. The second-order valence-electron chi connectivity index (χ2n) is 7.22. The van der Waals surface area contributed by atoms with Crippen molar-refractivity contribution in [1.82, 2.24) is 4.90 Å². The van der Waals surface area contributed by atoms with Gasteiger partial charge in [0.2, 0.25) is 11.8 Å². The number of hydrogen-bond donors (Lipinski definition) is 1. The summed E-state index contributed by atoms with van der Waals surface area (Å²) in [7, 11) is 0. The Morgan fingerprint density at radius 2 is 1.83 bits per heavy atom. The van der Waals surface area contributed by atoms with E-state index < -0.39 is 11.9 Å². The third-order valence-corrected chi connectivity index (χ3v) is 6.50. The fourth-order valence-corrected chi connectivity index (χ4v) is 4.90. The standard InChI is InChI=1S/C20H23N3O6S/c1-2-28-20(27)16-14(13(9-21)17(22)30-16)10-29-15(24)7-8-23-18(25)11-5-3-4-6-12(11)19(23)26/h11-12H,2-8,10,22H2,1H3. The van der Waals surface area contributed by atoms with Gasteiger partial charge in [-0.2, -0.15) is 5.26 Å². The first kappa shape index (κ1) is 21.8. The molecular formula is C20H23N3O6S. The van der Waals surface area contributed by atoms with Gasteiger partial charge in [0.15, 0.2) is 0 Å². The first-order chi connectivity index (χ1) is 14.4. The summed E-state index contributed by atoms with van der Waals surface area (Å²) in [6.07, 6.45) is 3.13. The normalized spacial score (nSPS) is 20.6. The van der Waals surface area contributed by atoms with Gasteiger partial charge in [0, 0.05) is 12.1 Å². The fourth-order valence-electron chi connectivity index (χ4n) is 3.99. The molecule has 2 unspecified atom stereocenters. The van der Waals surface area contributed by atoms with Crippen molar-refractivity contribution in [3.63, 3.8) is 0 Å². The van der Waals surface area contributed by atoms with E-state index in [0.717, 1.165) is 29.1 Å². The minimum absolute atomic E-state index is 0.0366. The predicted octanol–water partition coefficient (Wildman–Crippen LogP) is 1.99. The Labute approximate surface area is 177 Å². The molecule has 1 saturated carbocycles. The lowest BCUT2D eigenvalue weighted by atomic mass is 9.81. The minimum atomic E-state index is -0.644. The van der Waals surface area contributed by atoms with Crippen LogP contribution in [0.2, 0.25) is 0 Å². The molecule has 0 radical (unpaired) electrons. The molecule has 2 aliphatic rings. The van der Waals surface area contributed by atoms with Gasteiger partial charge in [-0.3, -0.25) is 19.3 Å². The summed E-state index contributed by atoms with van der Waals surface area (Å²) in [5.74, 6) is -2.23. The molecule has 2 N–H and O–H groups in total. The third-order valence-electron chi connectivity index (χ3n) is 5.46. The van der Waals surface area contributed by atoms with Gasteiger partial charge in [0.1, 0.15) is 22.6 Å². The topological polar surface area (TPSA) is 140 Å². The summed E-state index contributed by atoms with van der Waals surface area (Å²) in [6.45, 7) is 1.44. The number of fused-ring (bicyclic) bond motifs is 1. The van der Waals surface area contributed by atoms with Crippen LogP contribution in [0.4, 0.5) is 5.00 Å². The van der Waals surface area contributed by atoms with Gasteiger partial charge in [0.05, 0.1) is 30.4 Å². The van der Waals surface area contributed by atoms with Crippen LogP contribution in [-0.4, -0.2) is 41.8 Å². The number of nitrogens with two attached hydrogens (primary N) is 1. The van der Waals surface area contributed by atoms with E-state index >= 15 is 0 Å². The number of rotatable bonds is 7. The van der Waals surface area contributed by atoms with Gasteiger partial charge in [-0.25, -0.2) is 4.79 Å². The Kier molecular flexibility index (Phi) is 6.72. The predicted molar refractivity (Wildman–Crippen MR) is 106 cm³/mol. The van der Waals surface area contributed by atoms with E-state index in [0.29, 0.717) is 12.8 Å². The average Bonchev–Trinajstić information content (AvgIpc) is 3.19.